The van der Waals surface area contributed by atoms with Crippen LogP contribution in [0, 0.1) is 31.9 Å². The standard InChI is InChI=1S/C14H17BClFN2O4.C12H16ClFNO6P.C6H12BNO2/c1-15(20)18-5-3-4-9(8-18)6-10-7-11(16)14(23-2)13(12(10)17)19(21)22;1-4-20-22(18,21-5-2)7-8-6-9(13)12(19-3)11(10(8)14)15(16)17;1-7(10)8-4-2-3-6(9)5-8/h6-7,20H,3-5,8H2,1-2H3;6H,4-5,7H2,1-3H3;10H,2-5H2,1H3/b9-6+;;. The number of nitro groups is 2. The summed E-state index contributed by atoms with van der Waals surface area (Å²) in [5.41, 5.74) is -0.987. The van der Waals surface area contributed by atoms with Crippen LogP contribution < -0.4 is 9.47 Å². The van der Waals surface area contributed by atoms with Gasteiger partial charge in [0.25, 0.3) is 0 Å². The molecule has 2 N–H and O–H groups in total. The smallest absolute Gasteiger partial charge is 0.376 e. The van der Waals surface area contributed by atoms with Crippen LogP contribution >= 0.6 is 30.8 Å². The van der Waals surface area contributed by atoms with E-state index in [0.717, 1.165) is 51.1 Å². The molecule has 2 aliphatic rings. The third kappa shape index (κ3) is 13.8. The minimum Gasteiger partial charge on any atom is -0.489 e. The number of carbonyl (C=O) groups is 1. The number of carbonyl (C=O) groups excluding carboxylic acids is 1. The van der Waals surface area contributed by atoms with E-state index in [1.54, 1.807) is 38.4 Å². The van der Waals surface area contributed by atoms with Crippen molar-refractivity contribution in [3.05, 3.63) is 70.7 Å². The van der Waals surface area contributed by atoms with Gasteiger partial charge in [0, 0.05) is 30.6 Å². The monoisotopic (exact) mass is 838 g/mol. The number of halogens is 4. The van der Waals surface area contributed by atoms with Crippen LogP contribution in [0.1, 0.15) is 50.7 Å². The molecule has 0 bridgehead atoms. The number of benzene rings is 2. The molecule has 2 aromatic carbocycles. The first kappa shape index (κ1) is 48.0. The third-order valence-electron chi connectivity index (χ3n) is 8.23. The summed E-state index contributed by atoms with van der Waals surface area (Å²) in [4.78, 5) is 34.8. The van der Waals surface area contributed by atoms with Crippen molar-refractivity contribution < 1.29 is 56.6 Å². The van der Waals surface area contributed by atoms with Gasteiger partial charge in [0.1, 0.15) is 5.78 Å². The Balaban J connectivity index is 0.000000306. The van der Waals surface area contributed by atoms with Crippen molar-refractivity contribution in [1.29, 1.82) is 0 Å². The average Bonchev–Trinajstić information content (AvgIpc) is 3.11. The van der Waals surface area contributed by atoms with Crippen molar-refractivity contribution in [3.63, 3.8) is 0 Å². The van der Waals surface area contributed by atoms with Gasteiger partial charge in [-0.3, -0.25) is 29.6 Å². The zero-order valence-corrected chi connectivity index (χ0v) is 33.8. The first-order valence-corrected chi connectivity index (χ1v) is 19.7. The van der Waals surface area contributed by atoms with E-state index in [0.29, 0.717) is 19.5 Å². The van der Waals surface area contributed by atoms with E-state index in [1.165, 1.54) is 13.2 Å². The van der Waals surface area contributed by atoms with Crippen LogP contribution in [-0.4, -0.2) is 103 Å². The molecule has 0 atom stereocenters. The van der Waals surface area contributed by atoms with Crippen molar-refractivity contribution in [2.24, 2.45) is 0 Å². The number of nitro benzene ring substituents is 2. The minimum absolute atomic E-state index is 0.0179. The van der Waals surface area contributed by atoms with Crippen LogP contribution in [-0.2, 0) is 24.6 Å². The number of hydrogen-bond acceptors (Lipinski definition) is 14. The maximum Gasteiger partial charge on any atom is 0.376 e. The fourth-order valence-electron chi connectivity index (χ4n) is 5.69. The van der Waals surface area contributed by atoms with Gasteiger partial charge in [-0.1, -0.05) is 34.9 Å². The van der Waals surface area contributed by atoms with Crippen LogP contribution in [0.4, 0.5) is 20.2 Å². The summed E-state index contributed by atoms with van der Waals surface area (Å²) in [6.07, 6.45) is 4.23. The van der Waals surface area contributed by atoms with Gasteiger partial charge in [0.05, 0.1) is 53.5 Å². The highest BCUT2D eigenvalue weighted by molar-refractivity contribution is 7.53. The number of rotatable bonds is 13. The second-order valence-electron chi connectivity index (χ2n) is 12.2. The van der Waals surface area contributed by atoms with E-state index >= 15 is 0 Å². The lowest BCUT2D eigenvalue weighted by atomic mass is 9.82. The van der Waals surface area contributed by atoms with Crippen molar-refractivity contribution in [3.8, 4) is 11.5 Å². The Bertz CT molecular complexity index is 1750. The third-order valence-corrected chi connectivity index (χ3v) is 10.8. The van der Waals surface area contributed by atoms with Crippen LogP contribution in [0.5, 0.6) is 11.5 Å². The minimum atomic E-state index is -3.62. The molecular weight excluding hydrogens is 794 g/mol. The molecule has 0 spiro atoms. The normalized spacial score (nSPS) is 15.7. The molecule has 304 valence electrons. The average molecular weight is 839 g/mol. The van der Waals surface area contributed by atoms with Gasteiger partial charge in [0.2, 0.25) is 23.1 Å². The van der Waals surface area contributed by atoms with E-state index in [9.17, 15) is 43.4 Å². The summed E-state index contributed by atoms with van der Waals surface area (Å²) in [6.45, 7) is 9.25. The highest BCUT2D eigenvalue weighted by Crippen LogP contribution is 2.53. The van der Waals surface area contributed by atoms with Crippen molar-refractivity contribution >= 4 is 68.1 Å². The largest absolute Gasteiger partial charge is 0.489 e. The van der Waals surface area contributed by atoms with Gasteiger partial charge in [-0.15, -0.1) is 0 Å². The van der Waals surface area contributed by atoms with Crippen LogP contribution in [0.25, 0.3) is 6.08 Å². The van der Waals surface area contributed by atoms with Gasteiger partial charge in [0.15, 0.2) is 0 Å². The Kier molecular flexibility index (Phi) is 19.6. The zero-order chi connectivity index (χ0) is 41.6. The first-order chi connectivity index (χ1) is 25.8. The summed E-state index contributed by atoms with van der Waals surface area (Å²) in [7, 11) is -2.35. The lowest BCUT2D eigenvalue weighted by Gasteiger charge is -2.29. The number of piperidine rings is 2. The number of methoxy groups -OCH3 is 2. The van der Waals surface area contributed by atoms with Crippen LogP contribution in [0.15, 0.2) is 17.7 Å². The van der Waals surface area contributed by atoms with E-state index in [-0.39, 0.29) is 45.9 Å². The fraction of sp³-hybridized carbons (Fsp3) is 0.531. The highest BCUT2D eigenvalue weighted by Gasteiger charge is 2.33. The predicted octanol–water partition coefficient (Wildman–Crippen LogP) is 6.91. The molecule has 23 heteroatoms. The molecule has 2 aromatic rings. The molecule has 0 aromatic heterocycles. The molecule has 0 unspecified atom stereocenters. The molecule has 0 radical (unpaired) electrons. The summed E-state index contributed by atoms with van der Waals surface area (Å²) in [5.74, 6) is -2.59. The predicted molar refractivity (Wildman–Crippen MR) is 206 cm³/mol. The first-order valence-electron chi connectivity index (χ1n) is 17.2. The van der Waals surface area contributed by atoms with Gasteiger partial charge in [-0.25, -0.2) is 0 Å². The molecule has 0 saturated carbocycles. The van der Waals surface area contributed by atoms with Gasteiger partial charge >= 0.3 is 33.1 Å². The lowest BCUT2D eigenvalue weighted by molar-refractivity contribution is -0.388. The van der Waals surface area contributed by atoms with Crippen molar-refractivity contribution in [2.45, 2.75) is 59.3 Å². The maximum absolute atomic E-state index is 14.5. The molecular formula is C32H45B2Cl2F2N4O12P. The van der Waals surface area contributed by atoms with Crippen molar-refractivity contribution in [2.75, 3.05) is 53.6 Å². The molecule has 0 amide bonds. The molecule has 2 aliphatic heterocycles. The summed E-state index contributed by atoms with van der Waals surface area (Å²) < 4.78 is 60.9. The number of nitrogens with zero attached hydrogens (tertiary/aromatic N) is 4. The maximum atomic E-state index is 14.5. The molecule has 55 heavy (non-hydrogen) atoms. The second-order valence-corrected chi connectivity index (χ2v) is 15.1. The molecule has 2 heterocycles. The van der Waals surface area contributed by atoms with E-state index < -0.39 is 66.5 Å². The Labute approximate surface area is 328 Å². The Morgan fingerprint density at radius 1 is 0.873 bits per heavy atom. The SMILES string of the molecule is CB(O)N1CCCC(=O)C1.CCOP(=O)(Cc1cc(Cl)c(OC)c([N+](=O)[O-])c1F)OCC.COc1c(Cl)cc(/C=C2\CCCN(B(C)O)C2)c(F)c1[N+](=O)[O-]. The van der Waals surface area contributed by atoms with E-state index in [1.807, 2.05) is 4.81 Å². The Morgan fingerprint density at radius 3 is 1.78 bits per heavy atom. The van der Waals surface area contributed by atoms with Gasteiger partial charge < -0.3 is 38.2 Å². The Morgan fingerprint density at radius 2 is 1.35 bits per heavy atom. The van der Waals surface area contributed by atoms with Gasteiger partial charge in [-0.2, -0.15) is 8.78 Å². The second kappa shape index (κ2) is 22.5. The van der Waals surface area contributed by atoms with E-state index in [4.69, 9.17) is 46.7 Å². The lowest BCUT2D eigenvalue weighted by Crippen LogP contribution is -2.44. The summed E-state index contributed by atoms with van der Waals surface area (Å²) in [5, 5.41) is 40.7. The molecule has 16 nitrogen and oxygen atoms in total. The van der Waals surface area contributed by atoms with Crippen LogP contribution in [0.2, 0.25) is 23.7 Å². The quantitative estimate of drug-likeness (QED) is 0.0911. The number of ether oxygens (including phenoxy) is 2. The Hall–Kier alpha value is -3.19. The van der Waals surface area contributed by atoms with E-state index in [2.05, 4.69) is 0 Å². The summed E-state index contributed by atoms with van der Waals surface area (Å²) >= 11 is 11.8. The zero-order valence-electron chi connectivity index (χ0n) is 31.4. The molecule has 2 saturated heterocycles. The topological polar surface area (TPSA) is 204 Å². The molecule has 4 rings (SSSR count). The van der Waals surface area contributed by atoms with Crippen molar-refractivity contribution in [1.82, 2.24) is 9.62 Å². The summed E-state index contributed by atoms with van der Waals surface area (Å²) in [6, 6.07) is 2.43. The highest BCUT2D eigenvalue weighted by atomic mass is 35.5. The molecule has 0 aliphatic carbocycles. The number of ketones is 1. The van der Waals surface area contributed by atoms with Crippen LogP contribution in [0.3, 0.4) is 0 Å². The fourth-order valence-corrected chi connectivity index (χ4v) is 7.97. The molecule has 2 fully saturated rings. The number of hydrogen-bond donors (Lipinski definition) is 2. The van der Waals surface area contributed by atoms with Gasteiger partial charge in [-0.05, 0) is 72.0 Å². The number of Topliss-reactive ketones (excluding diaryl/α,β-unsaturated/α-hetero) is 1.